The first-order valence-electron chi connectivity index (χ1n) is 10.2. The van der Waals surface area contributed by atoms with Crippen molar-refractivity contribution in [2.24, 2.45) is 0 Å². The summed E-state index contributed by atoms with van der Waals surface area (Å²) in [5.74, 6) is -3.52. The van der Waals surface area contributed by atoms with Gasteiger partial charge in [-0.15, -0.1) is 0 Å². The molecule has 0 rings (SSSR count). The highest BCUT2D eigenvalue weighted by Crippen LogP contribution is 2.01. The summed E-state index contributed by atoms with van der Waals surface area (Å²) in [6.07, 6.45) is -0.562. The molecule has 0 bridgehead atoms. The van der Waals surface area contributed by atoms with E-state index >= 15 is 0 Å². The average molecular weight is 476 g/mol. The molecule has 12 heteroatoms. The van der Waals surface area contributed by atoms with Gasteiger partial charge in [-0.1, -0.05) is 13.2 Å². The molecule has 0 aliphatic rings. The van der Waals surface area contributed by atoms with Crippen LogP contribution in [0.15, 0.2) is 24.3 Å². The summed E-state index contributed by atoms with van der Waals surface area (Å²) < 4.78 is 35.1. The molecule has 0 radical (unpaired) electrons. The number of hydrogen-bond acceptors (Lipinski definition) is 12. The summed E-state index contributed by atoms with van der Waals surface area (Å²) in [6, 6.07) is 0. The zero-order valence-corrected chi connectivity index (χ0v) is 19.0. The molecule has 0 fully saturated rings. The number of carbonyl (C=O) groups excluding carboxylic acids is 4. The molecular formula is C21H32O12. The third-order valence-corrected chi connectivity index (χ3v) is 3.51. The lowest BCUT2D eigenvalue weighted by Crippen LogP contribution is -2.29. The predicted octanol–water partition coefficient (Wildman–Crippen LogP) is -0.278. The highest BCUT2D eigenvalue weighted by molar-refractivity contribution is 6.13. The Morgan fingerprint density at radius 3 is 1.42 bits per heavy atom. The minimum absolute atomic E-state index is 0.00835. The second-order valence-electron chi connectivity index (χ2n) is 6.04. The second kappa shape index (κ2) is 18.7. The number of carbonyl (C=O) groups is 4. The fourth-order valence-corrected chi connectivity index (χ4v) is 1.96. The van der Waals surface area contributed by atoms with Crippen LogP contribution in [-0.2, 0) is 52.3 Å². The Hall–Kier alpha value is -2.80. The monoisotopic (exact) mass is 476 g/mol. The molecule has 0 unspecified atom stereocenters. The van der Waals surface area contributed by atoms with Crippen LogP contribution >= 0.6 is 0 Å². The van der Waals surface area contributed by atoms with E-state index in [0.717, 1.165) is 0 Å². The largest absolute Gasteiger partial charge is 0.462 e. The van der Waals surface area contributed by atoms with Gasteiger partial charge >= 0.3 is 23.9 Å². The van der Waals surface area contributed by atoms with Crippen LogP contribution in [0.3, 0.4) is 0 Å². The Morgan fingerprint density at radius 2 is 1.06 bits per heavy atom. The van der Waals surface area contributed by atoms with Crippen molar-refractivity contribution in [2.45, 2.75) is 20.0 Å². The van der Waals surface area contributed by atoms with Crippen molar-refractivity contribution in [3.05, 3.63) is 24.3 Å². The van der Waals surface area contributed by atoms with Crippen LogP contribution in [-0.4, -0.2) is 101 Å². The van der Waals surface area contributed by atoms with Crippen LogP contribution in [0, 0.1) is 0 Å². The molecule has 0 aromatic heterocycles. The summed E-state index contributed by atoms with van der Waals surface area (Å²) in [6.45, 7) is 9.71. The van der Waals surface area contributed by atoms with Crippen LogP contribution in [0.2, 0.25) is 0 Å². The molecule has 0 aromatic carbocycles. The molecule has 0 aliphatic carbocycles. The van der Waals surface area contributed by atoms with Gasteiger partial charge in [0.25, 0.3) is 0 Å². The Bertz CT molecular complexity index is 606. The van der Waals surface area contributed by atoms with Crippen LogP contribution in [0.4, 0.5) is 0 Å². The SMILES string of the molecule is C=C(C(=O)OCC)C(=O)OCCOCC(COCCOC(=O)C(=C)C(=O)OCC)OCCO. The molecule has 188 valence electrons. The fraction of sp³-hybridized carbons (Fsp3) is 0.619. The third-order valence-electron chi connectivity index (χ3n) is 3.51. The summed E-state index contributed by atoms with van der Waals surface area (Å²) in [5, 5.41) is 8.91. The first-order valence-corrected chi connectivity index (χ1v) is 10.2. The van der Waals surface area contributed by atoms with E-state index in [1.165, 1.54) is 0 Å². The summed E-state index contributed by atoms with van der Waals surface area (Å²) in [7, 11) is 0. The molecule has 33 heavy (non-hydrogen) atoms. The van der Waals surface area contributed by atoms with Crippen LogP contribution < -0.4 is 0 Å². The van der Waals surface area contributed by atoms with Crippen molar-refractivity contribution < 1.29 is 57.4 Å². The number of hydrogen-bond donors (Lipinski definition) is 1. The lowest BCUT2D eigenvalue weighted by atomic mass is 10.3. The van der Waals surface area contributed by atoms with E-state index in [1.54, 1.807) is 13.8 Å². The minimum atomic E-state index is -0.909. The summed E-state index contributed by atoms with van der Waals surface area (Å²) in [4.78, 5) is 46.0. The molecule has 0 aliphatic heterocycles. The minimum Gasteiger partial charge on any atom is -0.462 e. The van der Waals surface area contributed by atoms with E-state index in [1.807, 2.05) is 0 Å². The quantitative estimate of drug-likeness (QED) is 0.0651. The lowest BCUT2D eigenvalue weighted by molar-refractivity contribution is -0.149. The molecule has 0 aromatic rings. The Kier molecular flexibility index (Phi) is 17.2. The van der Waals surface area contributed by atoms with Gasteiger partial charge < -0.3 is 38.3 Å². The Morgan fingerprint density at radius 1 is 0.667 bits per heavy atom. The molecule has 0 atom stereocenters. The normalized spacial score (nSPS) is 10.4. The topological polar surface area (TPSA) is 153 Å². The predicted molar refractivity (Wildman–Crippen MR) is 112 cm³/mol. The van der Waals surface area contributed by atoms with Crippen molar-refractivity contribution in [2.75, 3.05) is 66.1 Å². The first kappa shape index (κ1) is 30.2. The Labute approximate surface area is 192 Å². The van der Waals surface area contributed by atoms with E-state index in [0.29, 0.717) is 0 Å². The van der Waals surface area contributed by atoms with Crippen molar-refractivity contribution in [3.63, 3.8) is 0 Å². The van der Waals surface area contributed by atoms with E-state index in [9.17, 15) is 19.2 Å². The zero-order chi connectivity index (χ0) is 25.1. The van der Waals surface area contributed by atoms with Gasteiger partial charge in [0, 0.05) is 0 Å². The fourth-order valence-electron chi connectivity index (χ4n) is 1.96. The zero-order valence-electron chi connectivity index (χ0n) is 19.0. The molecule has 0 heterocycles. The molecular weight excluding hydrogens is 444 g/mol. The van der Waals surface area contributed by atoms with E-state index < -0.39 is 41.1 Å². The molecule has 0 saturated heterocycles. The van der Waals surface area contributed by atoms with Crippen molar-refractivity contribution in [3.8, 4) is 0 Å². The van der Waals surface area contributed by atoms with Gasteiger partial charge in [0.15, 0.2) is 0 Å². The average Bonchev–Trinajstić information content (AvgIpc) is 2.80. The van der Waals surface area contributed by atoms with Crippen molar-refractivity contribution in [1.29, 1.82) is 0 Å². The first-order chi connectivity index (χ1) is 15.8. The summed E-state index contributed by atoms with van der Waals surface area (Å²) >= 11 is 0. The standard InChI is InChI=1S/C21H32O12/c1-5-29-18(23)15(3)20(25)32-11-9-27-13-17(31-8-7-22)14-28-10-12-33-21(26)16(4)19(24)30-6-2/h17,22H,3-14H2,1-2H3. The molecule has 1 N–H and O–H groups in total. The number of rotatable bonds is 19. The lowest BCUT2D eigenvalue weighted by Gasteiger charge is -2.18. The van der Waals surface area contributed by atoms with E-state index in [-0.39, 0.29) is 66.1 Å². The van der Waals surface area contributed by atoms with E-state index in [2.05, 4.69) is 22.6 Å². The van der Waals surface area contributed by atoms with Crippen molar-refractivity contribution in [1.82, 2.24) is 0 Å². The Balaban J connectivity index is 4.14. The van der Waals surface area contributed by atoms with Crippen LogP contribution in [0.5, 0.6) is 0 Å². The third kappa shape index (κ3) is 14.1. The number of aliphatic hydroxyl groups is 1. The molecule has 0 spiro atoms. The van der Waals surface area contributed by atoms with Crippen LogP contribution in [0.1, 0.15) is 13.8 Å². The van der Waals surface area contributed by atoms with Gasteiger partial charge in [-0.25, -0.2) is 19.2 Å². The van der Waals surface area contributed by atoms with Gasteiger partial charge in [-0.3, -0.25) is 0 Å². The maximum atomic E-state index is 11.6. The maximum Gasteiger partial charge on any atom is 0.345 e. The van der Waals surface area contributed by atoms with E-state index in [4.69, 9.17) is 28.8 Å². The van der Waals surface area contributed by atoms with Crippen LogP contribution in [0.25, 0.3) is 0 Å². The number of aliphatic hydroxyl groups excluding tert-OH is 1. The highest BCUT2D eigenvalue weighted by Gasteiger charge is 2.19. The second-order valence-corrected chi connectivity index (χ2v) is 6.04. The smallest absolute Gasteiger partial charge is 0.345 e. The molecule has 0 saturated carbocycles. The van der Waals surface area contributed by atoms with Gasteiger partial charge in [0.2, 0.25) is 0 Å². The summed E-state index contributed by atoms with van der Waals surface area (Å²) in [5.41, 5.74) is -0.832. The highest BCUT2D eigenvalue weighted by atomic mass is 16.6. The van der Waals surface area contributed by atoms with Gasteiger partial charge in [-0.05, 0) is 13.8 Å². The molecule has 0 amide bonds. The van der Waals surface area contributed by atoms with Gasteiger partial charge in [0.1, 0.15) is 30.5 Å². The van der Waals surface area contributed by atoms with Crippen molar-refractivity contribution >= 4 is 23.9 Å². The maximum absolute atomic E-state index is 11.6. The van der Waals surface area contributed by atoms with Gasteiger partial charge in [0.05, 0.1) is 52.9 Å². The molecule has 12 nitrogen and oxygen atoms in total. The van der Waals surface area contributed by atoms with Gasteiger partial charge in [-0.2, -0.15) is 0 Å². The number of ether oxygens (including phenoxy) is 7. The number of esters is 4.